The Balaban J connectivity index is 1.57. The van der Waals surface area contributed by atoms with E-state index in [-0.39, 0.29) is 19.1 Å². The molecule has 0 saturated carbocycles. The molecule has 2 heterocycles. The number of esters is 1. The van der Waals surface area contributed by atoms with Crippen molar-refractivity contribution in [3.05, 3.63) is 128 Å². The van der Waals surface area contributed by atoms with Crippen LogP contribution in [0.3, 0.4) is 0 Å². The molecule has 0 spiro atoms. The lowest BCUT2D eigenvalue weighted by Gasteiger charge is -2.37. The highest BCUT2D eigenvalue weighted by molar-refractivity contribution is 5.65. The van der Waals surface area contributed by atoms with Gasteiger partial charge < -0.3 is 23.7 Å². The molecule has 5 rings (SSSR count). The van der Waals surface area contributed by atoms with Gasteiger partial charge >= 0.3 is 11.7 Å². The molecule has 0 bridgehead atoms. The molecule has 44 heavy (non-hydrogen) atoms. The maximum Gasteiger partial charge on any atom is 0.330 e. The smallest absolute Gasteiger partial charge is 0.330 e. The number of H-pyrrole nitrogens is 1. The summed E-state index contributed by atoms with van der Waals surface area (Å²) in [6.07, 6.45) is 0.607. The Hall–Kier alpha value is -4.67. The third kappa shape index (κ3) is 6.31. The molecule has 4 aromatic rings. The first-order valence-corrected chi connectivity index (χ1v) is 14.3. The summed E-state index contributed by atoms with van der Waals surface area (Å²) in [7, 11) is 3.23. The summed E-state index contributed by atoms with van der Waals surface area (Å²) >= 11 is 0. The number of aryl methyl sites for hydroxylation is 1. The lowest BCUT2D eigenvalue weighted by Crippen LogP contribution is -2.38. The van der Waals surface area contributed by atoms with Crippen molar-refractivity contribution in [2.45, 2.75) is 38.2 Å². The second-order valence-electron chi connectivity index (χ2n) is 10.7. The summed E-state index contributed by atoms with van der Waals surface area (Å²) in [4.78, 5) is 38.8. The van der Waals surface area contributed by atoms with E-state index in [0.717, 1.165) is 16.7 Å². The van der Waals surface area contributed by atoms with Crippen LogP contribution >= 0.6 is 0 Å². The van der Waals surface area contributed by atoms with E-state index < -0.39 is 35.2 Å². The minimum absolute atomic E-state index is 0.0837. The summed E-state index contributed by atoms with van der Waals surface area (Å²) in [6.45, 7) is 3.15. The molecule has 1 N–H and O–H groups in total. The van der Waals surface area contributed by atoms with Crippen molar-refractivity contribution in [3.63, 3.8) is 0 Å². The highest BCUT2D eigenvalue weighted by Crippen LogP contribution is 2.43. The van der Waals surface area contributed by atoms with Gasteiger partial charge in [-0.2, -0.15) is 0 Å². The van der Waals surface area contributed by atoms with Crippen LogP contribution in [0.25, 0.3) is 0 Å². The van der Waals surface area contributed by atoms with E-state index in [9.17, 15) is 14.4 Å². The number of hydrogen-bond donors (Lipinski definition) is 1. The molecular weight excluding hydrogens is 564 g/mol. The molecule has 1 aliphatic heterocycles. The number of carbonyl (C=O) groups excluding carboxylic acids is 1. The largest absolute Gasteiger partial charge is 0.497 e. The van der Waals surface area contributed by atoms with Crippen molar-refractivity contribution >= 4 is 5.97 Å². The van der Waals surface area contributed by atoms with Crippen LogP contribution in [-0.2, 0) is 24.6 Å². The van der Waals surface area contributed by atoms with Crippen molar-refractivity contribution < 1.29 is 28.5 Å². The molecule has 0 aliphatic carbocycles. The van der Waals surface area contributed by atoms with Crippen LogP contribution in [0.4, 0.5) is 0 Å². The molecular formula is C34H36N2O8. The van der Waals surface area contributed by atoms with Crippen LogP contribution in [0.5, 0.6) is 11.5 Å². The average Bonchev–Trinajstić information content (AvgIpc) is 3.45. The highest BCUT2D eigenvalue weighted by atomic mass is 16.6. The predicted octanol–water partition coefficient (Wildman–Crippen LogP) is 4.34. The Kier molecular flexibility index (Phi) is 9.32. The van der Waals surface area contributed by atoms with Gasteiger partial charge in [0, 0.05) is 31.0 Å². The van der Waals surface area contributed by atoms with Gasteiger partial charge in [-0.15, -0.1) is 0 Å². The standard InChI is InChI=1S/C34H36N2O8/c1-22-19-36(33(39)35-32(22)38)31-18-24(20-42-23(2)37)30(44-31)21-43-34(25-8-6-5-7-9-25,26-10-14-28(40-3)15-11-26)27-12-16-29(41-4)17-13-27/h5-17,19,24,30-31H,18,20-21H2,1-4H3,(H,35,38,39)/t24-,30-,31-/m1/s1. The molecule has 1 aliphatic rings. The van der Waals surface area contributed by atoms with Gasteiger partial charge in [-0.05, 0) is 47.9 Å². The molecule has 230 valence electrons. The summed E-state index contributed by atoms with van der Waals surface area (Å²) < 4.78 is 31.1. The van der Waals surface area contributed by atoms with Crippen molar-refractivity contribution in [1.29, 1.82) is 0 Å². The Bertz CT molecular complexity index is 1630. The van der Waals surface area contributed by atoms with Gasteiger partial charge in [0.05, 0.1) is 33.5 Å². The van der Waals surface area contributed by atoms with E-state index >= 15 is 0 Å². The first-order chi connectivity index (χ1) is 21.2. The molecule has 0 unspecified atom stereocenters. The van der Waals surface area contributed by atoms with Crippen LogP contribution in [0.1, 0.15) is 41.8 Å². The average molecular weight is 601 g/mol. The molecule has 10 nitrogen and oxygen atoms in total. The molecule has 10 heteroatoms. The maximum atomic E-state index is 12.7. The van der Waals surface area contributed by atoms with Crippen LogP contribution in [0, 0.1) is 12.8 Å². The van der Waals surface area contributed by atoms with Gasteiger partial charge in [-0.1, -0.05) is 54.6 Å². The number of nitrogens with zero attached hydrogens (tertiary/aromatic N) is 1. The number of hydrogen-bond acceptors (Lipinski definition) is 8. The molecule has 3 atom stereocenters. The van der Waals surface area contributed by atoms with Gasteiger partial charge in [0.2, 0.25) is 0 Å². The van der Waals surface area contributed by atoms with E-state index in [2.05, 4.69) is 4.98 Å². The Labute approximate surface area is 255 Å². The van der Waals surface area contributed by atoms with Gasteiger partial charge in [0.25, 0.3) is 5.56 Å². The number of ether oxygens (including phenoxy) is 5. The van der Waals surface area contributed by atoms with Gasteiger partial charge in [0.1, 0.15) is 23.3 Å². The molecule has 1 aromatic heterocycles. The SMILES string of the molecule is COc1ccc(C(OC[C@H]2O[C@@H](n3cc(C)c(=O)[nH]c3=O)C[C@@H]2COC(C)=O)(c2ccccc2)c2ccc(OC)cc2)cc1. The highest BCUT2D eigenvalue weighted by Gasteiger charge is 2.43. The van der Waals surface area contributed by atoms with E-state index in [4.69, 9.17) is 23.7 Å². The monoisotopic (exact) mass is 600 g/mol. The first kappa shape index (κ1) is 30.8. The third-order valence-electron chi connectivity index (χ3n) is 7.96. The van der Waals surface area contributed by atoms with Crippen molar-refractivity contribution in [1.82, 2.24) is 9.55 Å². The predicted molar refractivity (Wildman–Crippen MR) is 163 cm³/mol. The second-order valence-corrected chi connectivity index (χ2v) is 10.7. The van der Waals surface area contributed by atoms with Crippen molar-refractivity contribution in [2.75, 3.05) is 27.4 Å². The fourth-order valence-electron chi connectivity index (χ4n) is 5.61. The number of methoxy groups -OCH3 is 2. The topological polar surface area (TPSA) is 118 Å². The summed E-state index contributed by atoms with van der Waals surface area (Å²) in [6, 6.07) is 25.3. The summed E-state index contributed by atoms with van der Waals surface area (Å²) in [5.74, 6) is 0.703. The van der Waals surface area contributed by atoms with E-state index in [1.807, 2.05) is 78.9 Å². The lowest BCUT2D eigenvalue weighted by atomic mass is 9.80. The maximum absolute atomic E-state index is 12.7. The quantitative estimate of drug-likeness (QED) is 0.200. The number of nitrogens with one attached hydrogen (secondary N) is 1. The normalized spacial score (nSPS) is 18.1. The zero-order chi connectivity index (χ0) is 31.3. The number of carbonyl (C=O) groups is 1. The van der Waals surface area contributed by atoms with Crippen molar-refractivity contribution in [2.24, 2.45) is 5.92 Å². The Morgan fingerprint density at radius 2 is 1.45 bits per heavy atom. The van der Waals surface area contributed by atoms with Crippen LogP contribution in [0.15, 0.2) is 94.6 Å². The lowest BCUT2D eigenvalue weighted by molar-refractivity contribution is -0.144. The Morgan fingerprint density at radius 3 is 2.00 bits per heavy atom. The van der Waals surface area contributed by atoms with E-state index in [1.165, 1.54) is 17.7 Å². The Morgan fingerprint density at radius 1 is 0.886 bits per heavy atom. The summed E-state index contributed by atoms with van der Waals surface area (Å²) in [5, 5.41) is 0. The van der Waals surface area contributed by atoms with Gasteiger partial charge in [-0.3, -0.25) is 19.1 Å². The zero-order valence-electron chi connectivity index (χ0n) is 25.1. The van der Waals surface area contributed by atoms with Crippen molar-refractivity contribution in [3.8, 4) is 11.5 Å². The number of benzene rings is 3. The molecule has 0 radical (unpaired) electrons. The molecule has 1 saturated heterocycles. The minimum atomic E-state index is -1.08. The third-order valence-corrected chi connectivity index (χ3v) is 7.96. The minimum Gasteiger partial charge on any atom is -0.497 e. The first-order valence-electron chi connectivity index (χ1n) is 14.3. The number of rotatable bonds is 11. The van der Waals surface area contributed by atoms with Crippen LogP contribution < -0.4 is 20.7 Å². The summed E-state index contributed by atoms with van der Waals surface area (Å²) in [5.41, 5.74) is 0.862. The van der Waals surface area contributed by atoms with Gasteiger partial charge in [0.15, 0.2) is 0 Å². The van der Waals surface area contributed by atoms with E-state index in [0.29, 0.717) is 23.5 Å². The fraction of sp³-hybridized carbons (Fsp3) is 0.324. The second kappa shape index (κ2) is 13.3. The number of aromatic amines is 1. The van der Waals surface area contributed by atoms with Gasteiger partial charge in [-0.25, -0.2) is 4.79 Å². The molecule has 1 fully saturated rings. The fourth-order valence-corrected chi connectivity index (χ4v) is 5.61. The van der Waals surface area contributed by atoms with Crippen LogP contribution in [0.2, 0.25) is 0 Å². The van der Waals surface area contributed by atoms with E-state index in [1.54, 1.807) is 21.1 Å². The zero-order valence-corrected chi connectivity index (χ0v) is 25.1. The van der Waals surface area contributed by atoms with Crippen LogP contribution in [-0.4, -0.2) is 49.1 Å². The molecule has 0 amide bonds. The molecule has 3 aromatic carbocycles. The number of aromatic nitrogens is 2.